The molecule has 0 aliphatic carbocycles. The van der Waals surface area contributed by atoms with Gasteiger partial charge in [0.2, 0.25) is 0 Å². The van der Waals surface area contributed by atoms with E-state index in [1.165, 1.54) is 13.8 Å². The molecule has 0 radical (unpaired) electrons. The number of nitrogens with two attached hydrogens (primary N) is 1. The van der Waals surface area contributed by atoms with Crippen LogP contribution in [0.3, 0.4) is 0 Å². The molecule has 0 fully saturated rings. The van der Waals surface area contributed by atoms with Crippen LogP contribution in [-0.2, 0) is 27.8 Å². The van der Waals surface area contributed by atoms with Crippen LogP contribution >= 0.6 is 0 Å². The summed E-state index contributed by atoms with van der Waals surface area (Å²) in [5.41, 5.74) is 3.19. The highest BCUT2D eigenvalue weighted by molar-refractivity contribution is 5.80. The first-order valence-corrected chi connectivity index (χ1v) is 7.46. The molecule has 1 aromatic rings. The van der Waals surface area contributed by atoms with E-state index in [0.29, 0.717) is 13.0 Å². The number of rotatable bonds is 8. The fraction of sp³-hybridized carbons (Fsp3) is 0.471. The lowest BCUT2D eigenvalue weighted by Crippen LogP contribution is -2.29. The second-order valence-electron chi connectivity index (χ2n) is 5.86. The van der Waals surface area contributed by atoms with E-state index in [1.54, 1.807) is 0 Å². The van der Waals surface area contributed by atoms with Gasteiger partial charge in [-0.3, -0.25) is 4.79 Å². The van der Waals surface area contributed by atoms with E-state index in [4.69, 9.17) is 10.5 Å². The summed E-state index contributed by atoms with van der Waals surface area (Å²) < 4.78 is 60.6. The van der Waals surface area contributed by atoms with E-state index in [9.17, 15) is 27.5 Å². The van der Waals surface area contributed by atoms with Crippen molar-refractivity contribution in [2.75, 3.05) is 5.73 Å². The van der Waals surface area contributed by atoms with Crippen LogP contribution in [0.25, 0.3) is 0 Å². The number of allylic oxidation sites excluding steroid dienone is 1. The lowest BCUT2D eigenvalue weighted by Gasteiger charge is -2.23. The fourth-order valence-electron chi connectivity index (χ4n) is 2.32. The number of hydrogen-bond donors (Lipinski definition) is 2. The van der Waals surface area contributed by atoms with Crippen molar-refractivity contribution in [2.45, 2.75) is 51.4 Å². The van der Waals surface area contributed by atoms with Crippen LogP contribution in [0.1, 0.15) is 37.5 Å². The SMILES string of the molecule is C=CC(F)(F)c1cc(C[C@@H](OC(C)O)C(C)=O)cc(C(C)(F)F)c1N. The Hall–Kier alpha value is -1.93. The van der Waals surface area contributed by atoms with E-state index in [-0.39, 0.29) is 12.0 Å². The summed E-state index contributed by atoms with van der Waals surface area (Å²) in [5, 5.41) is 9.25. The molecular formula is C17H21F4NO3. The molecule has 25 heavy (non-hydrogen) atoms. The van der Waals surface area contributed by atoms with Crippen LogP contribution in [0.4, 0.5) is 23.2 Å². The standard InChI is InChI=1S/C17H21F4NO3/c1-5-17(20,21)13-7-11(6-12(15(13)22)16(4,18)19)8-14(9(2)23)25-10(3)24/h5-7,10,14,24H,1,8,22H2,2-4H3/t10?,14-/m1/s1. The number of carbonyl (C=O) groups excluding carboxylic acids is 1. The number of aliphatic hydroxyl groups is 1. The molecule has 1 rings (SSSR count). The second-order valence-corrected chi connectivity index (χ2v) is 5.86. The summed E-state index contributed by atoms with van der Waals surface area (Å²) in [4.78, 5) is 11.6. The zero-order valence-corrected chi connectivity index (χ0v) is 14.2. The van der Waals surface area contributed by atoms with Gasteiger partial charge in [0.05, 0.1) is 5.69 Å². The lowest BCUT2D eigenvalue weighted by molar-refractivity contribution is -0.152. The average Bonchev–Trinajstić information content (AvgIpc) is 2.46. The zero-order valence-electron chi connectivity index (χ0n) is 14.2. The molecule has 3 N–H and O–H groups in total. The summed E-state index contributed by atoms with van der Waals surface area (Å²) in [7, 11) is 0. The van der Waals surface area contributed by atoms with Gasteiger partial charge in [-0.1, -0.05) is 6.58 Å². The highest BCUT2D eigenvalue weighted by Gasteiger charge is 2.36. The number of hydrogen-bond acceptors (Lipinski definition) is 4. The monoisotopic (exact) mass is 363 g/mol. The molecule has 0 aromatic heterocycles. The molecule has 140 valence electrons. The molecule has 0 saturated heterocycles. The third kappa shape index (κ3) is 5.27. The molecule has 2 atom stereocenters. The number of anilines is 1. The first-order chi connectivity index (χ1) is 11.3. The van der Waals surface area contributed by atoms with Crippen molar-refractivity contribution in [1.29, 1.82) is 0 Å². The van der Waals surface area contributed by atoms with Crippen LogP contribution in [0.2, 0.25) is 0 Å². The third-order valence-electron chi connectivity index (χ3n) is 3.56. The van der Waals surface area contributed by atoms with E-state index in [1.807, 2.05) is 0 Å². The van der Waals surface area contributed by atoms with Gasteiger partial charge in [0.15, 0.2) is 12.1 Å². The Morgan fingerprint density at radius 2 is 1.88 bits per heavy atom. The molecule has 0 aliphatic heterocycles. The van der Waals surface area contributed by atoms with E-state index in [0.717, 1.165) is 12.1 Å². The molecule has 0 bridgehead atoms. The van der Waals surface area contributed by atoms with Crippen LogP contribution in [0.5, 0.6) is 0 Å². The predicted molar refractivity (Wildman–Crippen MR) is 85.5 cm³/mol. The van der Waals surface area contributed by atoms with Crippen LogP contribution in [0, 0.1) is 0 Å². The summed E-state index contributed by atoms with van der Waals surface area (Å²) in [6.07, 6.45) is -2.44. The molecule has 0 aliphatic rings. The maximum atomic E-state index is 14.0. The second kappa shape index (κ2) is 7.53. The first-order valence-electron chi connectivity index (χ1n) is 7.46. The number of Topliss-reactive ketones (excluding diaryl/α,β-unsaturated/α-hetero) is 1. The summed E-state index contributed by atoms with van der Waals surface area (Å²) in [5.74, 6) is -7.58. The van der Waals surface area contributed by atoms with E-state index >= 15 is 0 Å². The van der Waals surface area contributed by atoms with Gasteiger partial charge < -0.3 is 15.6 Å². The van der Waals surface area contributed by atoms with Crippen LogP contribution in [0.15, 0.2) is 24.8 Å². The average molecular weight is 363 g/mol. The number of carbonyl (C=O) groups is 1. The highest BCUT2D eigenvalue weighted by atomic mass is 19.3. The van der Waals surface area contributed by atoms with Gasteiger partial charge in [0.25, 0.3) is 11.8 Å². The topological polar surface area (TPSA) is 72.5 Å². The maximum Gasteiger partial charge on any atom is 0.293 e. The van der Waals surface area contributed by atoms with Gasteiger partial charge >= 0.3 is 0 Å². The third-order valence-corrected chi connectivity index (χ3v) is 3.56. The molecule has 8 heteroatoms. The molecule has 0 saturated carbocycles. The Morgan fingerprint density at radius 1 is 1.36 bits per heavy atom. The Labute approximate surface area is 143 Å². The molecule has 0 spiro atoms. The van der Waals surface area contributed by atoms with Crippen molar-refractivity contribution in [3.63, 3.8) is 0 Å². The highest BCUT2D eigenvalue weighted by Crippen LogP contribution is 2.41. The zero-order chi connectivity index (χ0) is 19.6. The van der Waals surface area contributed by atoms with Crippen LogP contribution in [-0.4, -0.2) is 23.3 Å². The summed E-state index contributed by atoms with van der Waals surface area (Å²) in [6, 6.07) is 1.90. The molecular weight excluding hydrogens is 342 g/mol. The predicted octanol–water partition coefficient (Wildman–Crippen LogP) is 3.51. The smallest absolute Gasteiger partial charge is 0.293 e. The quantitative estimate of drug-likeness (QED) is 0.321. The number of ketones is 1. The molecule has 4 nitrogen and oxygen atoms in total. The van der Waals surface area contributed by atoms with Crippen LogP contribution < -0.4 is 5.73 Å². The minimum atomic E-state index is -3.63. The maximum absolute atomic E-state index is 14.0. The summed E-state index contributed by atoms with van der Waals surface area (Å²) in [6.45, 7) is 5.97. The molecule has 1 aromatic carbocycles. The van der Waals surface area contributed by atoms with Crippen molar-refractivity contribution < 1.29 is 32.2 Å². The number of benzene rings is 1. The number of halogens is 4. The van der Waals surface area contributed by atoms with Gasteiger partial charge in [-0.05, 0) is 37.6 Å². The molecule has 0 heterocycles. The van der Waals surface area contributed by atoms with Gasteiger partial charge in [-0.25, -0.2) is 8.78 Å². The van der Waals surface area contributed by atoms with Gasteiger partial charge in [0.1, 0.15) is 6.10 Å². The van der Waals surface area contributed by atoms with E-state index < -0.39 is 46.8 Å². The first kappa shape index (κ1) is 21.1. The number of alkyl halides is 4. The number of ether oxygens (including phenoxy) is 1. The number of aliphatic hydroxyl groups excluding tert-OH is 1. The Kier molecular flexibility index (Phi) is 6.36. The molecule has 0 amide bonds. The van der Waals surface area contributed by atoms with Gasteiger partial charge in [-0.2, -0.15) is 8.78 Å². The number of nitrogen functional groups attached to an aromatic ring is 1. The minimum Gasteiger partial charge on any atom is -0.398 e. The normalized spacial score (nSPS) is 14.9. The minimum absolute atomic E-state index is 0.00287. The Bertz CT molecular complexity index is 654. The molecule has 1 unspecified atom stereocenters. The largest absolute Gasteiger partial charge is 0.398 e. The Morgan fingerprint density at radius 3 is 2.28 bits per heavy atom. The lowest BCUT2D eigenvalue weighted by atomic mass is 9.93. The summed E-state index contributed by atoms with van der Waals surface area (Å²) >= 11 is 0. The van der Waals surface area contributed by atoms with Crippen molar-refractivity contribution >= 4 is 11.5 Å². The van der Waals surface area contributed by atoms with Gasteiger partial charge in [0, 0.05) is 24.5 Å². The van der Waals surface area contributed by atoms with Crippen molar-refractivity contribution in [3.8, 4) is 0 Å². The van der Waals surface area contributed by atoms with Gasteiger partial charge in [-0.15, -0.1) is 0 Å². The Balaban J connectivity index is 3.48. The van der Waals surface area contributed by atoms with Crippen molar-refractivity contribution in [3.05, 3.63) is 41.5 Å². The van der Waals surface area contributed by atoms with Crippen molar-refractivity contribution in [1.82, 2.24) is 0 Å². The van der Waals surface area contributed by atoms with E-state index in [2.05, 4.69) is 6.58 Å². The van der Waals surface area contributed by atoms with Crippen molar-refractivity contribution in [2.24, 2.45) is 0 Å². The fourth-order valence-corrected chi connectivity index (χ4v) is 2.32.